The molecule has 0 aliphatic rings. The summed E-state index contributed by atoms with van der Waals surface area (Å²) in [5.41, 5.74) is -0.0301. The Hall–Kier alpha value is -0.940. The van der Waals surface area contributed by atoms with E-state index in [0.29, 0.717) is 17.4 Å². The van der Waals surface area contributed by atoms with Gasteiger partial charge in [-0.25, -0.2) is 0 Å². The highest BCUT2D eigenvalue weighted by molar-refractivity contribution is 7.80. The van der Waals surface area contributed by atoms with E-state index in [-0.39, 0.29) is 11.1 Å². The topological polar surface area (TPSA) is 52.4 Å². The Morgan fingerprint density at radius 2 is 1.95 bits per heavy atom. The second-order valence-corrected chi connectivity index (χ2v) is 6.04. The molecule has 0 bridgehead atoms. The molecule has 118 valence electrons. The molecule has 0 atom stereocenters. The molecule has 0 fully saturated rings. The van der Waals surface area contributed by atoms with Crippen LogP contribution in [0.1, 0.15) is 39.5 Å². The van der Waals surface area contributed by atoms with Gasteiger partial charge in [-0.3, -0.25) is 10.1 Å². The van der Waals surface area contributed by atoms with Crippen LogP contribution in [0, 0.1) is 15.5 Å². The molecular weight excluding hydrogens is 310 g/mol. The summed E-state index contributed by atoms with van der Waals surface area (Å²) in [6, 6.07) is 4.25. The van der Waals surface area contributed by atoms with Gasteiger partial charge in [0.05, 0.1) is 22.6 Å². The Kier molecular flexibility index (Phi) is 7.32. The standard InChI is InChI=1S/C15H22ClNO3S/c1-3-7-15(11-21,8-4-2)10-20-14-9-12(17(18)19)5-6-13(14)16/h5-6,9,21H,3-4,7-8,10-11H2,1-2H3. The van der Waals surface area contributed by atoms with Crippen LogP contribution in [0.25, 0.3) is 0 Å². The van der Waals surface area contributed by atoms with Crippen molar-refractivity contribution in [1.29, 1.82) is 0 Å². The van der Waals surface area contributed by atoms with Gasteiger partial charge in [0, 0.05) is 11.5 Å². The van der Waals surface area contributed by atoms with Gasteiger partial charge >= 0.3 is 0 Å². The predicted octanol–water partition coefficient (Wildman–Crippen LogP) is 5.14. The summed E-state index contributed by atoms with van der Waals surface area (Å²) in [5, 5.41) is 11.2. The number of nitro groups is 1. The highest BCUT2D eigenvalue weighted by Gasteiger charge is 2.28. The predicted molar refractivity (Wildman–Crippen MR) is 89.7 cm³/mol. The fourth-order valence-corrected chi connectivity index (χ4v) is 3.06. The zero-order valence-corrected chi connectivity index (χ0v) is 14.1. The molecule has 0 aliphatic carbocycles. The smallest absolute Gasteiger partial charge is 0.273 e. The first-order valence-electron chi connectivity index (χ1n) is 7.15. The van der Waals surface area contributed by atoms with Crippen LogP contribution in [0.3, 0.4) is 0 Å². The van der Waals surface area contributed by atoms with Gasteiger partial charge in [0.1, 0.15) is 5.75 Å². The molecule has 0 radical (unpaired) electrons. The molecule has 1 aromatic rings. The van der Waals surface area contributed by atoms with Crippen molar-refractivity contribution in [2.45, 2.75) is 39.5 Å². The number of hydrogen-bond acceptors (Lipinski definition) is 4. The molecular formula is C15H22ClNO3S. The van der Waals surface area contributed by atoms with E-state index in [4.69, 9.17) is 16.3 Å². The monoisotopic (exact) mass is 331 g/mol. The molecule has 1 rings (SSSR count). The summed E-state index contributed by atoms with van der Waals surface area (Å²) in [6.45, 7) is 4.74. The fraction of sp³-hybridized carbons (Fsp3) is 0.600. The van der Waals surface area contributed by atoms with Crippen LogP contribution in [0.15, 0.2) is 18.2 Å². The van der Waals surface area contributed by atoms with E-state index in [1.165, 1.54) is 18.2 Å². The third-order valence-corrected chi connectivity index (χ3v) is 4.54. The van der Waals surface area contributed by atoms with Gasteiger partial charge in [-0.15, -0.1) is 0 Å². The lowest BCUT2D eigenvalue weighted by Gasteiger charge is -2.31. The highest BCUT2D eigenvalue weighted by atomic mass is 35.5. The Morgan fingerprint density at radius 1 is 1.33 bits per heavy atom. The van der Waals surface area contributed by atoms with Crippen molar-refractivity contribution >= 4 is 29.9 Å². The molecule has 0 amide bonds. The zero-order valence-electron chi connectivity index (χ0n) is 12.5. The summed E-state index contributed by atoms with van der Waals surface area (Å²) in [4.78, 5) is 10.4. The molecule has 0 aromatic heterocycles. The number of benzene rings is 1. The maximum absolute atomic E-state index is 10.8. The number of hydrogen-bond donors (Lipinski definition) is 1. The van der Waals surface area contributed by atoms with Crippen LogP contribution in [-0.2, 0) is 0 Å². The van der Waals surface area contributed by atoms with E-state index < -0.39 is 4.92 Å². The van der Waals surface area contributed by atoms with Crippen molar-refractivity contribution in [1.82, 2.24) is 0 Å². The van der Waals surface area contributed by atoms with Crippen molar-refractivity contribution in [3.63, 3.8) is 0 Å². The number of halogens is 1. The molecule has 4 nitrogen and oxygen atoms in total. The lowest BCUT2D eigenvalue weighted by molar-refractivity contribution is -0.384. The first-order valence-corrected chi connectivity index (χ1v) is 8.16. The lowest BCUT2D eigenvalue weighted by Crippen LogP contribution is -2.30. The number of nitrogens with zero attached hydrogens (tertiary/aromatic N) is 1. The van der Waals surface area contributed by atoms with Crippen molar-refractivity contribution in [3.8, 4) is 5.75 Å². The molecule has 0 spiro atoms. The van der Waals surface area contributed by atoms with Gasteiger partial charge in [-0.1, -0.05) is 38.3 Å². The first-order chi connectivity index (χ1) is 9.98. The number of nitro benzene ring substituents is 1. The Morgan fingerprint density at radius 3 is 2.43 bits per heavy atom. The van der Waals surface area contributed by atoms with Crippen molar-refractivity contribution in [2.24, 2.45) is 5.41 Å². The van der Waals surface area contributed by atoms with Gasteiger partial charge in [0.15, 0.2) is 0 Å². The molecule has 1 aromatic carbocycles. The van der Waals surface area contributed by atoms with Crippen LogP contribution in [0.5, 0.6) is 5.75 Å². The van der Waals surface area contributed by atoms with Gasteiger partial charge in [-0.2, -0.15) is 12.6 Å². The van der Waals surface area contributed by atoms with E-state index in [1.807, 2.05) is 0 Å². The van der Waals surface area contributed by atoms with Crippen LogP contribution in [-0.4, -0.2) is 17.3 Å². The molecule has 0 unspecified atom stereocenters. The molecule has 0 heterocycles. The van der Waals surface area contributed by atoms with E-state index in [0.717, 1.165) is 31.4 Å². The largest absolute Gasteiger partial charge is 0.491 e. The zero-order chi connectivity index (χ0) is 15.9. The van der Waals surface area contributed by atoms with Crippen molar-refractivity contribution in [2.75, 3.05) is 12.4 Å². The normalized spacial score (nSPS) is 11.4. The minimum Gasteiger partial charge on any atom is -0.491 e. The third-order valence-electron chi connectivity index (χ3n) is 3.56. The highest BCUT2D eigenvalue weighted by Crippen LogP contribution is 2.35. The van der Waals surface area contributed by atoms with E-state index in [2.05, 4.69) is 26.5 Å². The fourth-order valence-electron chi connectivity index (χ4n) is 2.48. The van der Waals surface area contributed by atoms with Gasteiger partial charge < -0.3 is 4.74 Å². The van der Waals surface area contributed by atoms with E-state index in [1.54, 1.807) is 0 Å². The number of ether oxygens (including phenoxy) is 1. The second kappa shape index (κ2) is 8.49. The van der Waals surface area contributed by atoms with Gasteiger partial charge in [0.2, 0.25) is 0 Å². The maximum Gasteiger partial charge on any atom is 0.273 e. The summed E-state index contributed by atoms with van der Waals surface area (Å²) < 4.78 is 5.80. The quantitative estimate of drug-likeness (QED) is 0.387. The van der Waals surface area contributed by atoms with Crippen molar-refractivity contribution in [3.05, 3.63) is 33.3 Å². The summed E-state index contributed by atoms with van der Waals surface area (Å²) in [5.74, 6) is 1.09. The molecule has 6 heteroatoms. The van der Waals surface area contributed by atoms with Crippen LogP contribution < -0.4 is 4.74 Å². The van der Waals surface area contributed by atoms with Crippen LogP contribution >= 0.6 is 24.2 Å². The van der Waals surface area contributed by atoms with Crippen molar-refractivity contribution < 1.29 is 9.66 Å². The average molecular weight is 332 g/mol. The Bertz CT molecular complexity index is 476. The van der Waals surface area contributed by atoms with Gasteiger partial charge in [0.25, 0.3) is 5.69 Å². The molecule has 0 saturated carbocycles. The molecule has 0 saturated heterocycles. The SMILES string of the molecule is CCCC(CS)(CCC)COc1cc([N+](=O)[O-])ccc1Cl. The Balaban J connectivity index is 2.88. The lowest BCUT2D eigenvalue weighted by atomic mass is 9.82. The Labute approximate surface area is 136 Å². The maximum atomic E-state index is 10.8. The minimum atomic E-state index is -0.451. The third kappa shape index (κ3) is 5.08. The van der Waals surface area contributed by atoms with Crippen LogP contribution in [0.4, 0.5) is 5.69 Å². The first kappa shape index (κ1) is 18.1. The van der Waals surface area contributed by atoms with E-state index in [9.17, 15) is 10.1 Å². The second-order valence-electron chi connectivity index (χ2n) is 5.32. The number of rotatable bonds is 9. The summed E-state index contributed by atoms with van der Waals surface area (Å²) >= 11 is 10.5. The minimum absolute atomic E-state index is 0.0133. The molecule has 21 heavy (non-hydrogen) atoms. The van der Waals surface area contributed by atoms with Gasteiger partial charge in [-0.05, 0) is 24.7 Å². The van der Waals surface area contributed by atoms with E-state index >= 15 is 0 Å². The number of thiol groups is 1. The van der Waals surface area contributed by atoms with Crippen LogP contribution in [0.2, 0.25) is 5.02 Å². The molecule has 0 aliphatic heterocycles. The summed E-state index contributed by atoms with van der Waals surface area (Å²) in [6.07, 6.45) is 4.12. The average Bonchev–Trinajstić information content (AvgIpc) is 2.46. The number of non-ortho nitro benzene ring substituents is 1. The molecule has 0 N–H and O–H groups in total. The summed E-state index contributed by atoms with van der Waals surface area (Å²) in [7, 11) is 0.